The molecule has 3 aromatic rings. The molecule has 2 aromatic carbocycles. The standard InChI is InChI=1S/C28H29Cl2N3O4S/c1-6-32(7-2)27(35)23-16(4)31-28-33(24(23)18-9-11-19(29)12-10-18)26(34)22(38-28)15-17-13-20(30)25(36-5)21(14-17)37-8-3/h9-15,24H,6-8H2,1-5H3/b22-15+/t24-/m1/s1. The number of fused-ring (bicyclic) bond motifs is 1. The van der Waals surface area contributed by atoms with Crippen LogP contribution < -0.4 is 24.4 Å². The molecule has 10 heteroatoms. The van der Waals surface area contributed by atoms with Gasteiger partial charge in [-0.05, 0) is 69.2 Å². The summed E-state index contributed by atoms with van der Waals surface area (Å²) in [7, 11) is 1.53. The van der Waals surface area contributed by atoms with Gasteiger partial charge in [-0.2, -0.15) is 0 Å². The Labute approximate surface area is 235 Å². The fraction of sp³-hybridized carbons (Fsp3) is 0.321. The maximum absolute atomic E-state index is 13.9. The fourth-order valence-electron chi connectivity index (χ4n) is 4.52. The third kappa shape index (κ3) is 5.25. The molecule has 1 amide bonds. The smallest absolute Gasteiger partial charge is 0.271 e. The Morgan fingerprint density at radius 1 is 1.16 bits per heavy atom. The van der Waals surface area contributed by atoms with Gasteiger partial charge in [-0.25, -0.2) is 4.99 Å². The van der Waals surface area contributed by atoms with E-state index in [0.717, 1.165) is 5.56 Å². The number of carbonyl (C=O) groups excluding carboxylic acids is 1. The van der Waals surface area contributed by atoms with Crippen molar-refractivity contribution in [2.24, 2.45) is 4.99 Å². The Morgan fingerprint density at radius 3 is 2.45 bits per heavy atom. The van der Waals surface area contributed by atoms with Gasteiger partial charge in [0, 0.05) is 18.1 Å². The molecule has 2 heterocycles. The molecule has 0 saturated heterocycles. The molecule has 38 heavy (non-hydrogen) atoms. The van der Waals surface area contributed by atoms with Crippen LogP contribution in [0.4, 0.5) is 0 Å². The van der Waals surface area contributed by atoms with Crippen molar-refractivity contribution >= 4 is 46.5 Å². The summed E-state index contributed by atoms with van der Waals surface area (Å²) in [5.41, 5.74) is 2.26. The van der Waals surface area contributed by atoms with Crippen molar-refractivity contribution < 1.29 is 14.3 Å². The lowest BCUT2D eigenvalue weighted by molar-refractivity contribution is -0.127. The second-order valence-electron chi connectivity index (χ2n) is 8.58. The molecule has 1 aliphatic rings. The molecule has 0 N–H and O–H groups in total. The van der Waals surface area contributed by atoms with E-state index in [1.165, 1.54) is 18.4 Å². The molecular weight excluding hydrogens is 545 g/mol. The van der Waals surface area contributed by atoms with E-state index in [2.05, 4.69) is 0 Å². The molecule has 0 bridgehead atoms. The van der Waals surface area contributed by atoms with Gasteiger partial charge < -0.3 is 14.4 Å². The number of hydrogen-bond donors (Lipinski definition) is 0. The van der Waals surface area contributed by atoms with Crippen LogP contribution in [0.3, 0.4) is 0 Å². The third-order valence-corrected chi connectivity index (χ3v) is 7.84. The lowest BCUT2D eigenvalue weighted by Crippen LogP contribution is -2.43. The lowest BCUT2D eigenvalue weighted by atomic mass is 9.94. The first-order chi connectivity index (χ1) is 18.2. The molecule has 7 nitrogen and oxygen atoms in total. The van der Waals surface area contributed by atoms with Gasteiger partial charge in [0.1, 0.15) is 0 Å². The van der Waals surface area contributed by atoms with Crippen molar-refractivity contribution in [3.8, 4) is 11.5 Å². The van der Waals surface area contributed by atoms with Gasteiger partial charge in [0.15, 0.2) is 16.3 Å². The summed E-state index contributed by atoms with van der Waals surface area (Å²) in [5.74, 6) is 0.780. The third-order valence-electron chi connectivity index (χ3n) is 6.32. The van der Waals surface area contributed by atoms with Crippen molar-refractivity contribution in [3.05, 3.63) is 88.5 Å². The number of likely N-dealkylation sites (N-methyl/N-ethyl adjacent to an activating group) is 1. The Kier molecular flexibility index (Phi) is 8.65. The maximum atomic E-state index is 13.9. The normalized spacial score (nSPS) is 15.2. The van der Waals surface area contributed by atoms with Crippen molar-refractivity contribution in [1.82, 2.24) is 9.47 Å². The number of nitrogens with zero attached hydrogens (tertiary/aromatic N) is 3. The zero-order valence-electron chi connectivity index (χ0n) is 21.9. The number of methoxy groups -OCH3 is 1. The van der Waals surface area contributed by atoms with E-state index in [1.54, 1.807) is 39.8 Å². The number of rotatable bonds is 8. The Balaban J connectivity index is 1.94. The molecule has 1 aromatic heterocycles. The van der Waals surface area contributed by atoms with Crippen LogP contribution in [0.25, 0.3) is 6.08 Å². The summed E-state index contributed by atoms with van der Waals surface area (Å²) >= 11 is 13.9. The number of hydrogen-bond acceptors (Lipinski definition) is 6. The van der Waals surface area contributed by atoms with Crippen LogP contribution in [0.1, 0.15) is 44.9 Å². The van der Waals surface area contributed by atoms with Crippen LogP contribution in [-0.2, 0) is 4.79 Å². The van der Waals surface area contributed by atoms with E-state index in [9.17, 15) is 9.59 Å². The summed E-state index contributed by atoms with van der Waals surface area (Å²) < 4.78 is 13.1. The molecule has 0 aliphatic carbocycles. The van der Waals surface area contributed by atoms with E-state index in [1.807, 2.05) is 39.8 Å². The SMILES string of the molecule is CCOc1cc(/C=c2/sc3n(c2=O)[C@H](c2ccc(Cl)cc2)C(C(=O)N(CC)CC)=C(C)N=3)cc(Cl)c1OC. The second-order valence-corrected chi connectivity index (χ2v) is 10.4. The fourth-order valence-corrected chi connectivity index (χ4v) is 5.99. The van der Waals surface area contributed by atoms with Crippen LogP contribution in [0.2, 0.25) is 10.0 Å². The number of halogens is 2. The number of amides is 1. The predicted molar refractivity (Wildman–Crippen MR) is 152 cm³/mol. The van der Waals surface area contributed by atoms with Gasteiger partial charge in [0.05, 0.1) is 40.6 Å². The quantitative estimate of drug-likeness (QED) is 0.387. The number of aromatic nitrogens is 1. The Bertz CT molecular complexity index is 1570. The summed E-state index contributed by atoms with van der Waals surface area (Å²) in [6.45, 7) is 9.07. The number of carbonyl (C=O) groups is 1. The van der Waals surface area contributed by atoms with Crippen LogP contribution in [0.15, 0.2) is 57.5 Å². The van der Waals surface area contributed by atoms with Crippen LogP contribution >= 0.6 is 34.5 Å². The summed E-state index contributed by atoms with van der Waals surface area (Å²) in [4.78, 5) is 34.5. The van der Waals surface area contributed by atoms with Gasteiger partial charge >= 0.3 is 0 Å². The van der Waals surface area contributed by atoms with Gasteiger partial charge in [0.25, 0.3) is 11.5 Å². The van der Waals surface area contributed by atoms with Crippen LogP contribution in [0.5, 0.6) is 11.5 Å². The van der Waals surface area contributed by atoms with Crippen molar-refractivity contribution in [1.29, 1.82) is 0 Å². The molecule has 0 fully saturated rings. The summed E-state index contributed by atoms with van der Waals surface area (Å²) in [6, 6.07) is 10.1. The van der Waals surface area contributed by atoms with Crippen LogP contribution in [0, 0.1) is 0 Å². The minimum atomic E-state index is -0.641. The lowest BCUT2D eigenvalue weighted by Gasteiger charge is -2.29. The zero-order valence-corrected chi connectivity index (χ0v) is 24.2. The van der Waals surface area contributed by atoms with Gasteiger partial charge in [0.2, 0.25) is 0 Å². The minimum absolute atomic E-state index is 0.145. The first-order valence-corrected chi connectivity index (χ1v) is 13.9. The van der Waals surface area contributed by atoms with E-state index < -0.39 is 6.04 Å². The molecule has 0 unspecified atom stereocenters. The van der Waals surface area contributed by atoms with E-state index in [0.29, 0.717) is 67.4 Å². The van der Waals surface area contributed by atoms with Gasteiger partial charge in [-0.3, -0.25) is 14.2 Å². The summed E-state index contributed by atoms with van der Waals surface area (Å²) in [6.07, 6.45) is 1.75. The predicted octanol–water partition coefficient (Wildman–Crippen LogP) is 4.82. The molecule has 0 spiro atoms. The largest absolute Gasteiger partial charge is 0.491 e. The highest BCUT2D eigenvalue weighted by molar-refractivity contribution is 7.07. The van der Waals surface area contributed by atoms with Gasteiger partial charge in [-0.15, -0.1) is 0 Å². The maximum Gasteiger partial charge on any atom is 0.271 e. The molecule has 200 valence electrons. The highest BCUT2D eigenvalue weighted by Gasteiger charge is 2.34. The molecule has 0 radical (unpaired) electrons. The Morgan fingerprint density at radius 2 is 1.84 bits per heavy atom. The number of allylic oxidation sites excluding steroid dienone is 1. The minimum Gasteiger partial charge on any atom is -0.491 e. The highest BCUT2D eigenvalue weighted by atomic mass is 35.5. The Hall–Kier alpha value is -3.07. The van der Waals surface area contributed by atoms with E-state index in [-0.39, 0.29) is 11.5 Å². The molecule has 1 aliphatic heterocycles. The average molecular weight is 575 g/mol. The molecule has 0 saturated carbocycles. The molecule has 4 rings (SSSR count). The second kappa shape index (κ2) is 11.8. The van der Waals surface area contributed by atoms with Crippen molar-refractivity contribution in [3.63, 3.8) is 0 Å². The number of ether oxygens (including phenoxy) is 2. The highest BCUT2D eigenvalue weighted by Crippen LogP contribution is 2.36. The monoisotopic (exact) mass is 573 g/mol. The first-order valence-electron chi connectivity index (χ1n) is 12.3. The topological polar surface area (TPSA) is 73.1 Å². The van der Waals surface area contributed by atoms with Crippen molar-refractivity contribution in [2.45, 2.75) is 33.7 Å². The number of benzene rings is 2. The van der Waals surface area contributed by atoms with Crippen molar-refractivity contribution in [2.75, 3.05) is 26.8 Å². The van der Waals surface area contributed by atoms with E-state index >= 15 is 0 Å². The zero-order chi connectivity index (χ0) is 27.6. The van der Waals surface area contributed by atoms with Gasteiger partial charge in [-0.1, -0.05) is 46.7 Å². The van der Waals surface area contributed by atoms with E-state index in [4.69, 9.17) is 37.7 Å². The average Bonchev–Trinajstić information content (AvgIpc) is 3.18. The summed E-state index contributed by atoms with van der Waals surface area (Å²) in [5, 5.41) is 0.944. The molecular formula is C28H29Cl2N3O4S. The first kappa shape index (κ1) is 28.0. The van der Waals surface area contributed by atoms with Crippen LogP contribution in [-0.4, -0.2) is 42.2 Å². The number of thiazole rings is 1. The molecule has 1 atom stereocenters.